The summed E-state index contributed by atoms with van der Waals surface area (Å²) in [4.78, 5) is 47.4. The fourth-order valence-corrected chi connectivity index (χ4v) is 4.88. The fraction of sp³-hybridized carbons (Fsp3) is 0.417. The van der Waals surface area contributed by atoms with Crippen molar-refractivity contribution in [2.24, 2.45) is 0 Å². The molecule has 0 radical (unpaired) electrons. The zero-order chi connectivity index (χ0) is 24.6. The molecule has 1 aromatic carbocycles. The van der Waals surface area contributed by atoms with Crippen LogP contribution in [-0.2, 0) is 15.1 Å². The Morgan fingerprint density at radius 1 is 1.18 bits per heavy atom. The van der Waals surface area contributed by atoms with Gasteiger partial charge in [-0.05, 0) is 50.1 Å². The minimum absolute atomic E-state index is 0.0493. The second kappa shape index (κ2) is 9.00. The topological polar surface area (TPSA) is 85.8 Å². The summed E-state index contributed by atoms with van der Waals surface area (Å²) in [6.07, 6.45) is 1.75. The van der Waals surface area contributed by atoms with Crippen molar-refractivity contribution in [3.63, 3.8) is 0 Å². The van der Waals surface area contributed by atoms with E-state index in [-0.39, 0.29) is 24.8 Å². The molecule has 3 heterocycles. The van der Waals surface area contributed by atoms with E-state index in [4.69, 9.17) is 0 Å². The number of benzene rings is 1. The maximum Gasteiger partial charge on any atom is 0.325 e. The lowest BCUT2D eigenvalue weighted by molar-refractivity contribution is -0.133. The summed E-state index contributed by atoms with van der Waals surface area (Å²) in [5, 5.41) is 2.35. The van der Waals surface area contributed by atoms with Crippen molar-refractivity contribution in [2.75, 3.05) is 31.6 Å². The second-order valence-electron chi connectivity index (χ2n) is 8.87. The molecule has 2 aliphatic rings. The van der Waals surface area contributed by atoms with E-state index in [2.05, 4.69) is 10.3 Å². The molecule has 0 spiro atoms. The third kappa shape index (κ3) is 4.20. The quantitative estimate of drug-likeness (QED) is 0.678. The van der Waals surface area contributed by atoms with Crippen molar-refractivity contribution in [1.29, 1.82) is 0 Å². The van der Waals surface area contributed by atoms with Gasteiger partial charge in [-0.25, -0.2) is 13.6 Å². The Balaban J connectivity index is 1.48. The maximum absolute atomic E-state index is 13.7. The van der Waals surface area contributed by atoms with Crippen LogP contribution in [0.5, 0.6) is 0 Å². The molecule has 1 unspecified atom stereocenters. The molecular weight excluding hydrogens is 444 g/mol. The number of aryl methyl sites for hydroxylation is 1. The van der Waals surface area contributed by atoms with Crippen LogP contribution in [-0.4, -0.2) is 65.4 Å². The Labute approximate surface area is 196 Å². The Bertz CT molecular complexity index is 1120. The molecule has 180 valence electrons. The number of likely N-dealkylation sites (N-methyl/N-ethyl adjacent to an activating group) is 1. The summed E-state index contributed by atoms with van der Waals surface area (Å²) < 4.78 is 27.3. The molecule has 2 aliphatic heterocycles. The summed E-state index contributed by atoms with van der Waals surface area (Å²) in [5.41, 5.74) is 0.437. The van der Waals surface area contributed by atoms with Crippen LogP contribution in [0.25, 0.3) is 0 Å². The Morgan fingerprint density at radius 2 is 1.88 bits per heavy atom. The van der Waals surface area contributed by atoms with Gasteiger partial charge in [0, 0.05) is 62.8 Å². The Kier molecular flexibility index (Phi) is 6.24. The van der Waals surface area contributed by atoms with Crippen molar-refractivity contribution >= 4 is 23.5 Å². The lowest BCUT2D eigenvalue weighted by Gasteiger charge is -2.42. The monoisotopic (exact) mass is 471 g/mol. The number of urea groups is 1. The number of hydrogen-bond donors (Lipinski definition) is 1. The molecule has 10 heteroatoms. The molecular formula is C24H27F2N5O3. The minimum Gasteiger partial charge on any atom is -0.365 e. The Morgan fingerprint density at radius 3 is 2.47 bits per heavy atom. The highest BCUT2D eigenvalue weighted by Gasteiger charge is 2.52. The van der Waals surface area contributed by atoms with Gasteiger partial charge in [0.05, 0.1) is 0 Å². The lowest BCUT2D eigenvalue weighted by atomic mass is 9.84. The van der Waals surface area contributed by atoms with Gasteiger partial charge in [0.15, 0.2) is 0 Å². The van der Waals surface area contributed by atoms with Crippen molar-refractivity contribution in [3.05, 3.63) is 59.4 Å². The number of rotatable bonds is 5. The molecule has 34 heavy (non-hydrogen) atoms. The average Bonchev–Trinajstić information content (AvgIpc) is 2.99. The first kappa shape index (κ1) is 23.6. The average molecular weight is 472 g/mol. The molecule has 1 aromatic heterocycles. The predicted molar refractivity (Wildman–Crippen MR) is 121 cm³/mol. The van der Waals surface area contributed by atoms with Gasteiger partial charge in [-0.2, -0.15) is 0 Å². The van der Waals surface area contributed by atoms with Crippen LogP contribution in [0.3, 0.4) is 0 Å². The minimum atomic E-state index is -1.30. The van der Waals surface area contributed by atoms with Gasteiger partial charge in [-0.1, -0.05) is 0 Å². The van der Waals surface area contributed by atoms with Gasteiger partial charge in [-0.3, -0.25) is 19.9 Å². The number of carbonyl (C=O) groups excluding carboxylic acids is 3. The molecule has 1 N–H and O–H groups in total. The number of imide groups is 1. The van der Waals surface area contributed by atoms with E-state index in [1.54, 1.807) is 37.2 Å². The first-order valence-electron chi connectivity index (χ1n) is 11.1. The van der Waals surface area contributed by atoms with Crippen molar-refractivity contribution in [3.8, 4) is 0 Å². The molecule has 0 aliphatic carbocycles. The maximum atomic E-state index is 13.7. The molecule has 0 saturated carbocycles. The van der Waals surface area contributed by atoms with Crippen LogP contribution >= 0.6 is 0 Å². The van der Waals surface area contributed by atoms with Gasteiger partial charge in [-0.15, -0.1) is 0 Å². The third-order valence-electron chi connectivity index (χ3n) is 6.71. The predicted octanol–water partition coefficient (Wildman–Crippen LogP) is 2.56. The van der Waals surface area contributed by atoms with E-state index in [1.165, 1.54) is 17.0 Å². The summed E-state index contributed by atoms with van der Waals surface area (Å²) in [6, 6.07) is 6.15. The molecule has 2 aromatic rings. The summed E-state index contributed by atoms with van der Waals surface area (Å²) in [7, 11) is 1.54. The number of pyridine rings is 1. The van der Waals surface area contributed by atoms with E-state index in [1.807, 2.05) is 11.8 Å². The molecule has 8 nitrogen and oxygen atoms in total. The van der Waals surface area contributed by atoms with Crippen LogP contribution in [0.15, 0.2) is 36.5 Å². The number of anilines is 1. The van der Waals surface area contributed by atoms with Gasteiger partial charge < -0.3 is 14.7 Å². The van der Waals surface area contributed by atoms with Crippen molar-refractivity contribution in [2.45, 2.75) is 38.3 Å². The first-order valence-corrected chi connectivity index (χ1v) is 11.1. The lowest BCUT2D eigenvalue weighted by Crippen LogP contribution is -2.54. The number of aromatic nitrogens is 1. The van der Waals surface area contributed by atoms with E-state index in [0.717, 1.165) is 6.07 Å². The highest BCUT2D eigenvalue weighted by Crippen LogP contribution is 2.37. The highest BCUT2D eigenvalue weighted by molar-refractivity contribution is 6.07. The van der Waals surface area contributed by atoms with Gasteiger partial charge in [0.25, 0.3) is 5.91 Å². The largest absolute Gasteiger partial charge is 0.365 e. The normalized spacial score (nSPS) is 22.9. The van der Waals surface area contributed by atoms with E-state index >= 15 is 0 Å². The molecule has 2 atom stereocenters. The van der Waals surface area contributed by atoms with E-state index in [0.29, 0.717) is 36.6 Å². The van der Waals surface area contributed by atoms with Crippen LogP contribution in [0.1, 0.15) is 31.0 Å². The van der Waals surface area contributed by atoms with Gasteiger partial charge in [0.1, 0.15) is 17.2 Å². The summed E-state index contributed by atoms with van der Waals surface area (Å²) in [6.45, 7) is 4.86. The van der Waals surface area contributed by atoms with Crippen molar-refractivity contribution in [1.82, 2.24) is 20.1 Å². The summed E-state index contributed by atoms with van der Waals surface area (Å²) in [5.74, 6) is -1.91. The van der Waals surface area contributed by atoms with E-state index in [9.17, 15) is 23.2 Å². The fourth-order valence-electron chi connectivity index (χ4n) is 4.88. The number of nitrogens with one attached hydrogen (secondary N) is 1. The molecule has 4 rings (SSSR count). The van der Waals surface area contributed by atoms with Crippen LogP contribution < -0.4 is 10.2 Å². The molecule has 2 saturated heterocycles. The zero-order valence-electron chi connectivity index (χ0n) is 19.3. The zero-order valence-corrected chi connectivity index (χ0v) is 19.3. The van der Waals surface area contributed by atoms with Gasteiger partial charge >= 0.3 is 6.03 Å². The second-order valence-corrected chi connectivity index (χ2v) is 8.87. The third-order valence-corrected chi connectivity index (χ3v) is 6.71. The molecule has 2 fully saturated rings. The number of hydrogen-bond acceptors (Lipinski definition) is 5. The van der Waals surface area contributed by atoms with Crippen LogP contribution in [0, 0.1) is 18.6 Å². The standard InChI is InChI=1S/C24H27F2N5O3/c1-15-10-17(5-7-27-15)24(22(33)28-23(34)29(24)3)6-4-21(32)30-8-9-31(16(2)14-30)20-12-18(25)11-19(26)13-20/h5,7,10-13,16H,4,6,8-9,14H2,1-3H3,(H,28,33,34)/t16-,24?/m0/s1. The van der Waals surface area contributed by atoms with Crippen LogP contribution in [0.2, 0.25) is 0 Å². The van der Waals surface area contributed by atoms with E-state index < -0.39 is 29.1 Å². The number of amides is 4. The number of carbonyl (C=O) groups is 3. The summed E-state index contributed by atoms with van der Waals surface area (Å²) >= 11 is 0. The highest BCUT2D eigenvalue weighted by atomic mass is 19.1. The number of halogens is 2. The van der Waals surface area contributed by atoms with Crippen LogP contribution in [0.4, 0.5) is 19.3 Å². The SMILES string of the molecule is Cc1cc(C2(CCC(=O)N3CCN(c4cc(F)cc(F)c4)[C@@H](C)C3)C(=O)NC(=O)N2C)ccn1. The molecule has 0 bridgehead atoms. The van der Waals surface area contributed by atoms with Gasteiger partial charge in [0.2, 0.25) is 5.91 Å². The van der Waals surface area contributed by atoms with Crippen molar-refractivity contribution < 1.29 is 23.2 Å². The Hall–Kier alpha value is -3.56. The molecule has 4 amide bonds. The first-order chi connectivity index (χ1) is 16.1. The number of nitrogens with zero attached hydrogens (tertiary/aromatic N) is 4. The smallest absolute Gasteiger partial charge is 0.325 e. The number of piperazine rings is 1.